The molecule has 0 amide bonds. The van der Waals surface area contributed by atoms with E-state index in [2.05, 4.69) is 37.3 Å². The number of aromatic nitrogens is 2. The number of rotatable bonds is 2. The van der Waals surface area contributed by atoms with Crippen molar-refractivity contribution in [3.8, 4) is 6.07 Å². The third-order valence-electron chi connectivity index (χ3n) is 2.99. The van der Waals surface area contributed by atoms with Gasteiger partial charge in [-0.3, -0.25) is 4.98 Å². The Morgan fingerprint density at radius 3 is 2.81 bits per heavy atom. The fourth-order valence-corrected chi connectivity index (χ4v) is 2.44. The van der Waals surface area contributed by atoms with Gasteiger partial charge in [-0.25, -0.2) is 4.98 Å². The fourth-order valence-electron chi connectivity index (χ4n) is 2.04. The van der Waals surface area contributed by atoms with Gasteiger partial charge in [-0.2, -0.15) is 5.26 Å². The maximum absolute atomic E-state index is 9.29. The van der Waals surface area contributed by atoms with Crippen LogP contribution in [-0.4, -0.2) is 9.97 Å². The molecule has 3 aromatic rings. The summed E-state index contributed by atoms with van der Waals surface area (Å²) in [6.07, 6.45) is 3.12. The molecule has 0 unspecified atom stereocenters. The third-order valence-corrected chi connectivity index (χ3v) is 3.48. The molecule has 0 spiro atoms. The van der Waals surface area contributed by atoms with Crippen molar-refractivity contribution in [2.75, 3.05) is 11.1 Å². The number of nitrogens with one attached hydrogen (secondary N) is 1. The van der Waals surface area contributed by atoms with E-state index in [9.17, 15) is 5.26 Å². The minimum Gasteiger partial charge on any atom is -0.384 e. The Morgan fingerprint density at radius 2 is 2.05 bits per heavy atom. The highest BCUT2D eigenvalue weighted by Crippen LogP contribution is 2.30. The van der Waals surface area contributed by atoms with Gasteiger partial charge in [0.2, 0.25) is 0 Å². The lowest BCUT2D eigenvalue weighted by Gasteiger charge is -2.11. The highest BCUT2D eigenvalue weighted by Gasteiger charge is 2.10. The molecular formula is C15H10BrN5. The molecule has 0 saturated carbocycles. The highest BCUT2D eigenvalue weighted by molar-refractivity contribution is 9.10. The van der Waals surface area contributed by atoms with Gasteiger partial charge in [-0.1, -0.05) is 22.0 Å². The molecule has 0 aliphatic heterocycles. The van der Waals surface area contributed by atoms with Gasteiger partial charge in [0.15, 0.2) is 0 Å². The number of nitrogens with two attached hydrogens (primary N) is 1. The second-order valence-electron chi connectivity index (χ2n) is 4.42. The first-order valence-electron chi connectivity index (χ1n) is 6.14. The highest BCUT2D eigenvalue weighted by atomic mass is 79.9. The monoisotopic (exact) mass is 339 g/mol. The van der Waals surface area contributed by atoms with E-state index in [1.165, 1.54) is 6.20 Å². The van der Waals surface area contributed by atoms with Crippen molar-refractivity contribution in [3.63, 3.8) is 0 Å². The minimum atomic E-state index is 0.386. The van der Waals surface area contributed by atoms with Gasteiger partial charge >= 0.3 is 0 Å². The summed E-state index contributed by atoms with van der Waals surface area (Å²) in [4.78, 5) is 8.25. The maximum atomic E-state index is 9.29. The number of benzene rings is 1. The van der Waals surface area contributed by atoms with Gasteiger partial charge in [-0.15, -0.1) is 0 Å². The van der Waals surface area contributed by atoms with E-state index < -0.39 is 0 Å². The quantitative estimate of drug-likeness (QED) is 0.744. The first-order valence-corrected chi connectivity index (χ1v) is 6.93. The predicted octanol–water partition coefficient (Wildman–Crippen LogP) is 3.59. The lowest BCUT2D eigenvalue weighted by atomic mass is 10.1. The van der Waals surface area contributed by atoms with Gasteiger partial charge in [0.25, 0.3) is 0 Å². The number of pyridine rings is 2. The molecule has 0 bridgehead atoms. The molecule has 0 saturated heterocycles. The van der Waals surface area contributed by atoms with Crippen molar-refractivity contribution >= 4 is 44.0 Å². The molecule has 0 aliphatic carbocycles. The number of halogens is 1. The van der Waals surface area contributed by atoms with Gasteiger partial charge < -0.3 is 11.1 Å². The Balaban J connectivity index is 2.19. The van der Waals surface area contributed by atoms with Gasteiger partial charge in [0.05, 0.1) is 23.0 Å². The summed E-state index contributed by atoms with van der Waals surface area (Å²) >= 11 is 3.43. The van der Waals surface area contributed by atoms with Crippen LogP contribution in [0.4, 0.5) is 17.2 Å². The van der Waals surface area contributed by atoms with Gasteiger partial charge in [-0.05, 0) is 24.3 Å². The zero-order chi connectivity index (χ0) is 14.8. The summed E-state index contributed by atoms with van der Waals surface area (Å²) < 4.78 is 0.950. The molecule has 3 rings (SSSR count). The van der Waals surface area contributed by atoms with Crippen molar-refractivity contribution in [1.82, 2.24) is 9.97 Å². The average Bonchev–Trinajstić information content (AvgIpc) is 2.48. The van der Waals surface area contributed by atoms with Crippen molar-refractivity contribution in [2.24, 2.45) is 0 Å². The molecule has 0 fully saturated rings. The normalized spacial score (nSPS) is 10.3. The summed E-state index contributed by atoms with van der Waals surface area (Å²) in [5.74, 6) is 0.386. The number of fused-ring (bicyclic) bond motifs is 1. The summed E-state index contributed by atoms with van der Waals surface area (Å²) in [6.45, 7) is 0. The molecule has 102 valence electrons. The Bertz CT molecular complexity index is 870. The molecule has 0 aliphatic rings. The second kappa shape index (κ2) is 5.38. The second-order valence-corrected chi connectivity index (χ2v) is 5.34. The van der Waals surface area contributed by atoms with Crippen molar-refractivity contribution in [2.45, 2.75) is 0 Å². The summed E-state index contributed by atoms with van der Waals surface area (Å²) in [5.41, 5.74) is 8.42. The van der Waals surface area contributed by atoms with Crippen LogP contribution in [0.3, 0.4) is 0 Å². The van der Waals surface area contributed by atoms with E-state index in [1.807, 2.05) is 24.3 Å². The molecule has 21 heavy (non-hydrogen) atoms. The number of hydrogen-bond donors (Lipinski definition) is 2. The van der Waals surface area contributed by atoms with Crippen LogP contribution in [0, 0.1) is 11.3 Å². The van der Waals surface area contributed by atoms with E-state index >= 15 is 0 Å². The Kier molecular flexibility index (Phi) is 3.42. The van der Waals surface area contributed by atoms with E-state index in [1.54, 1.807) is 12.3 Å². The Hall–Kier alpha value is -2.65. The van der Waals surface area contributed by atoms with E-state index in [-0.39, 0.29) is 0 Å². The van der Waals surface area contributed by atoms with Gasteiger partial charge in [0.1, 0.15) is 11.9 Å². The number of anilines is 3. The fraction of sp³-hybridized carbons (Fsp3) is 0. The van der Waals surface area contributed by atoms with Crippen molar-refractivity contribution < 1.29 is 0 Å². The topological polar surface area (TPSA) is 87.6 Å². The molecule has 5 nitrogen and oxygen atoms in total. The van der Waals surface area contributed by atoms with Gasteiger partial charge in [0, 0.05) is 21.7 Å². The van der Waals surface area contributed by atoms with Crippen molar-refractivity contribution in [3.05, 3.63) is 52.8 Å². The lowest BCUT2D eigenvalue weighted by Crippen LogP contribution is -1.98. The van der Waals surface area contributed by atoms with Crippen LogP contribution in [-0.2, 0) is 0 Å². The summed E-state index contributed by atoms with van der Waals surface area (Å²) in [6, 6.07) is 11.6. The van der Waals surface area contributed by atoms with Crippen LogP contribution in [0.25, 0.3) is 10.9 Å². The Morgan fingerprint density at radius 1 is 1.19 bits per heavy atom. The largest absolute Gasteiger partial charge is 0.384 e. The molecule has 0 radical (unpaired) electrons. The first kappa shape index (κ1) is 13.3. The summed E-state index contributed by atoms with van der Waals surface area (Å²) in [7, 11) is 0. The van der Waals surface area contributed by atoms with Crippen LogP contribution in [0.2, 0.25) is 0 Å². The SMILES string of the molecule is N#Cc1cnc2cnc(N)cc2c1Nc1cccc(Br)c1. The van der Waals surface area contributed by atoms with Crippen LogP contribution in [0.5, 0.6) is 0 Å². The van der Waals surface area contributed by atoms with Crippen LogP contribution in [0.15, 0.2) is 47.2 Å². The molecule has 2 aromatic heterocycles. The zero-order valence-electron chi connectivity index (χ0n) is 10.8. The number of nitrogen functional groups attached to an aromatic ring is 1. The van der Waals surface area contributed by atoms with Crippen LogP contribution < -0.4 is 11.1 Å². The first-order chi connectivity index (χ1) is 10.2. The smallest absolute Gasteiger partial charge is 0.124 e. The molecule has 3 N–H and O–H groups in total. The molecule has 2 heterocycles. The van der Waals surface area contributed by atoms with E-state index in [0.717, 1.165) is 15.5 Å². The summed E-state index contributed by atoms with van der Waals surface area (Å²) in [5, 5.41) is 13.3. The number of hydrogen-bond acceptors (Lipinski definition) is 5. The standard InChI is InChI=1S/C15H10BrN5/c16-10-2-1-3-11(4-10)21-15-9(6-17)7-19-13-8-20-14(18)5-12(13)15/h1-5,7-8H,(H2,18,20)(H,19,21). The minimum absolute atomic E-state index is 0.386. The van der Waals surface area contributed by atoms with Crippen LogP contribution in [0.1, 0.15) is 5.56 Å². The van der Waals surface area contributed by atoms with Crippen molar-refractivity contribution in [1.29, 1.82) is 5.26 Å². The van der Waals surface area contributed by atoms with E-state index in [4.69, 9.17) is 5.73 Å². The molecule has 6 heteroatoms. The number of nitriles is 1. The molecule has 0 atom stereocenters. The maximum Gasteiger partial charge on any atom is 0.124 e. The molecular weight excluding hydrogens is 330 g/mol. The van der Waals surface area contributed by atoms with E-state index in [0.29, 0.717) is 22.6 Å². The zero-order valence-corrected chi connectivity index (χ0v) is 12.4. The Labute approximate surface area is 129 Å². The lowest BCUT2D eigenvalue weighted by molar-refractivity contribution is 1.30. The predicted molar refractivity (Wildman–Crippen MR) is 86.1 cm³/mol. The third kappa shape index (κ3) is 2.64. The average molecular weight is 340 g/mol. The molecule has 1 aromatic carbocycles. The van der Waals surface area contributed by atoms with Crippen LogP contribution >= 0.6 is 15.9 Å². The number of nitrogens with zero attached hydrogens (tertiary/aromatic N) is 3.